The van der Waals surface area contributed by atoms with Gasteiger partial charge in [-0.3, -0.25) is 9.59 Å². The molecule has 0 bridgehead atoms. The van der Waals surface area contributed by atoms with E-state index in [4.69, 9.17) is 14.4 Å². The van der Waals surface area contributed by atoms with E-state index in [0.29, 0.717) is 33.5 Å². The summed E-state index contributed by atoms with van der Waals surface area (Å²) in [5.41, 5.74) is 5.01. The third-order valence-electron chi connectivity index (χ3n) is 7.09. The number of piperazine rings is 1. The predicted molar refractivity (Wildman–Crippen MR) is 141 cm³/mol. The van der Waals surface area contributed by atoms with Crippen LogP contribution in [-0.4, -0.2) is 61.8 Å². The number of ketones is 1. The molecule has 6 rings (SSSR count). The molecule has 4 aromatic rings. The first-order valence-corrected chi connectivity index (χ1v) is 12.2. The summed E-state index contributed by atoms with van der Waals surface area (Å²) in [4.78, 5) is 29.3. The number of fused-ring (bicyclic) bond motifs is 2. The van der Waals surface area contributed by atoms with Crippen LogP contribution in [0.25, 0.3) is 22.2 Å². The standard InChI is InChI=1S/C28H26N4O5/c1-36-18-8-6-17(7-9-18)31-12-14-32(15-13-31)22-16-21(29-11-10-23(33)34)24-25-26(22)30-37-28(25)20-5-3-2-4-19(20)27(24)35/h2-9,16,29H,10-15H2,1H3,(H,33,34). The summed E-state index contributed by atoms with van der Waals surface area (Å²) >= 11 is 0. The lowest BCUT2D eigenvalue weighted by Gasteiger charge is -2.37. The SMILES string of the molecule is COc1ccc(N2CCN(c3cc(NCCC(=O)O)c4c5c(onc35)-c3ccccc3C4=O)CC2)cc1. The van der Waals surface area contributed by atoms with E-state index in [2.05, 4.69) is 32.4 Å². The fourth-order valence-electron chi connectivity index (χ4n) is 5.23. The largest absolute Gasteiger partial charge is 0.497 e. The van der Waals surface area contributed by atoms with E-state index < -0.39 is 5.97 Å². The Hall–Kier alpha value is -4.53. The molecule has 0 amide bonds. The predicted octanol–water partition coefficient (Wildman–Crippen LogP) is 4.26. The second kappa shape index (κ2) is 9.16. The Kier molecular flexibility index (Phi) is 5.67. The van der Waals surface area contributed by atoms with Crippen molar-refractivity contribution in [3.8, 4) is 17.1 Å². The summed E-state index contributed by atoms with van der Waals surface area (Å²) in [5.74, 6) is 0.372. The van der Waals surface area contributed by atoms with Gasteiger partial charge in [0.2, 0.25) is 0 Å². The minimum atomic E-state index is -0.903. The molecule has 2 N–H and O–H groups in total. The summed E-state index contributed by atoms with van der Waals surface area (Å²) in [6, 6.07) is 17.3. The van der Waals surface area contributed by atoms with Crippen molar-refractivity contribution in [1.82, 2.24) is 5.16 Å². The van der Waals surface area contributed by atoms with Crippen molar-refractivity contribution in [3.05, 3.63) is 65.7 Å². The molecule has 188 valence electrons. The van der Waals surface area contributed by atoms with E-state index in [1.165, 1.54) is 0 Å². The molecule has 9 heteroatoms. The number of aliphatic carboxylic acids is 1. The zero-order chi connectivity index (χ0) is 25.5. The molecule has 37 heavy (non-hydrogen) atoms. The van der Waals surface area contributed by atoms with Crippen LogP contribution in [0.4, 0.5) is 17.1 Å². The van der Waals surface area contributed by atoms with E-state index in [1.807, 2.05) is 36.4 Å². The van der Waals surface area contributed by atoms with Gasteiger partial charge in [-0.25, -0.2) is 0 Å². The number of hydrogen-bond acceptors (Lipinski definition) is 8. The summed E-state index contributed by atoms with van der Waals surface area (Å²) in [5, 5.41) is 17.5. The topological polar surface area (TPSA) is 108 Å². The minimum Gasteiger partial charge on any atom is -0.497 e. The summed E-state index contributed by atoms with van der Waals surface area (Å²) in [6.07, 6.45) is -0.0609. The lowest BCUT2D eigenvalue weighted by Crippen LogP contribution is -2.46. The quantitative estimate of drug-likeness (QED) is 0.340. The van der Waals surface area contributed by atoms with Crippen LogP contribution in [0.2, 0.25) is 0 Å². The highest BCUT2D eigenvalue weighted by Crippen LogP contribution is 2.46. The normalized spacial score (nSPS) is 14.6. The lowest BCUT2D eigenvalue weighted by atomic mass is 9.86. The van der Waals surface area contributed by atoms with Crippen LogP contribution in [0.15, 0.2) is 59.1 Å². The van der Waals surface area contributed by atoms with Crippen LogP contribution < -0.4 is 19.9 Å². The average Bonchev–Trinajstić information content (AvgIpc) is 3.37. The fraction of sp³-hybridized carbons (Fsp3) is 0.250. The highest BCUT2D eigenvalue weighted by molar-refractivity contribution is 6.28. The molecule has 1 fully saturated rings. The van der Waals surface area contributed by atoms with E-state index in [0.717, 1.165) is 48.9 Å². The Morgan fingerprint density at radius 1 is 1.05 bits per heavy atom. The smallest absolute Gasteiger partial charge is 0.305 e. The van der Waals surface area contributed by atoms with Crippen LogP contribution in [0, 0.1) is 0 Å². The molecule has 1 aliphatic carbocycles. The maximum absolute atomic E-state index is 13.6. The molecule has 1 aromatic heterocycles. The minimum absolute atomic E-state index is 0.0609. The number of carboxylic acids is 1. The fourth-order valence-corrected chi connectivity index (χ4v) is 5.23. The van der Waals surface area contributed by atoms with Gasteiger partial charge in [-0.1, -0.05) is 29.4 Å². The monoisotopic (exact) mass is 498 g/mol. The first kappa shape index (κ1) is 22.9. The van der Waals surface area contributed by atoms with E-state index in [-0.39, 0.29) is 18.7 Å². The summed E-state index contributed by atoms with van der Waals surface area (Å²) < 4.78 is 11.1. The van der Waals surface area contributed by atoms with Crippen LogP contribution in [0.5, 0.6) is 5.75 Å². The zero-order valence-electron chi connectivity index (χ0n) is 20.4. The van der Waals surface area contributed by atoms with Gasteiger partial charge in [-0.05, 0) is 30.3 Å². The molecule has 3 aromatic carbocycles. The Morgan fingerprint density at radius 3 is 2.46 bits per heavy atom. The van der Waals surface area contributed by atoms with Crippen molar-refractivity contribution < 1.29 is 24.0 Å². The number of benzene rings is 3. The Balaban J connectivity index is 1.37. The van der Waals surface area contributed by atoms with E-state index in [9.17, 15) is 9.59 Å². The van der Waals surface area contributed by atoms with Gasteiger partial charge in [0.15, 0.2) is 11.5 Å². The van der Waals surface area contributed by atoms with Crippen molar-refractivity contribution in [2.75, 3.05) is 55.0 Å². The number of hydrogen-bond donors (Lipinski definition) is 2. The van der Waals surface area contributed by atoms with E-state index in [1.54, 1.807) is 13.2 Å². The number of carbonyl (C=O) groups excluding carboxylic acids is 1. The van der Waals surface area contributed by atoms with Crippen LogP contribution in [0.1, 0.15) is 22.3 Å². The van der Waals surface area contributed by atoms with Gasteiger partial charge < -0.3 is 29.5 Å². The maximum Gasteiger partial charge on any atom is 0.305 e. The van der Waals surface area contributed by atoms with Crippen molar-refractivity contribution in [2.24, 2.45) is 0 Å². The number of aromatic nitrogens is 1. The first-order chi connectivity index (χ1) is 18.0. The van der Waals surface area contributed by atoms with Gasteiger partial charge in [-0.15, -0.1) is 0 Å². The number of nitrogens with zero attached hydrogens (tertiary/aromatic N) is 3. The van der Waals surface area contributed by atoms with Crippen molar-refractivity contribution >= 4 is 39.7 Å². The number of carboxylic acid groups (broad SMARTS) is 1. The van der Waals surface area contributed by atoms with Crippen molar-refractivity contribution in [3.63, 3.8) is 0 Å². The Morgan fingerprint density at radius 2 is 1.76 bits per heavy atom. The number of methoxy groups -OCH3 is 1. The Bertz CT molecular complexity index is 1500. The van der Waals surface area contributed by atoms with Crippen LogP contribution in [-0.2, 0) is 4.79 Å². The number of anilines is 3. The van der Waals surface area contributed by atoms with Crippen molar-refractivity contribution in [2.45, 2.75) is 6.42 Å². The molecule has 9 nitrogen and oxygen atoms in total. The maximum atomic E-state index is 13.6. The highest BCUT2D eigenvalue weighted by Gasteiger charge is 2.34. The number of ether oxygens (including phenoxy) is 1. The second-order valence-corrected chi connectivity index (χ2v) is 9.17. The molecule has 0 atom stereocenters. The number of rotatable bonds is 7. The van der Waals surface area contributed by atoms with Gasteiger partial charge >= 0.3 is 5.97 Å². The van der Waals surface area contributed by atoms with Crippen LogP contribution >= 0.6 is 0 Å². The molecule has 0 unspecified atom stereocenters. The van der Waals surface area contributed by atoms with Gasteiger partial charge in [0.05, 0.1) is 30.2 Å². The molecule has 0 radical (unpaired) electrons. The van der Waals surface area contributed by atoms with Gasteiger partial charge in [-0.2, -0.15) is 0 Å². The lowest BCUT2D eigenvalue weighted by molar-refractivity contribution is -0.136. The van der Waals surface area contributed by atoms with Gasteiger partial charge in [0.25, 0.3) is 0 Å². The second-order valence-electron chi connectivity index (χ2n) is 9.17. The third-order valence-corrected chi connectivity index (χ3v) is 7.09. The molecule has 2 aliphatic rings. The molecule has 0 spiro atoms. The molecule has 0 saturated carbocycles. The van der Waals surface area contributed by atoms with E-state index >= 15 is 0 Å². The summed E-state index contributed by atoms with van der Waals surface area (Å²) in [6.45, 7) is 3.32. The zero-order valence-corrected chi connectivity index (χ0v) is 20.4. The number of nitrogens with one attached hydrogen (secondary N) is 1. The number of carbonyl (C=O) groups is 2. The van der Waals surface area contributed by atoms with Crippen molar-refractivity contribution in [1.29, 1.82) is 0 Å². The molecular weight excluding hydrogens is 472 g/mol. The summed E-state index contributed by atoms with van der Waals surface area (Å²) in [7, 11) is 1.66. The third kappa shape index (κ3) is 3.92. The molecular formula is C28H26N4O5. The van der Waals surface area contributed by atoms with Gasteiger partial charge in [0.1, 0.15) is 11.3 Å². The molecule has 2 heterocycles. The average molecular weight is 499 g/mol. The first-order valence-electron chi connectivity index (χ1n) is 12.2. The van der Waals surface area contributed by atoms with Gasteiger partial charge in [0, 0.05) is 55.2 Å². The molecule has 1 aliphatic heterocycles. The highest BCUT2D eigenvalue weighted by atomic mass is 16.5. The molecule has 1 saturated heterocycles. The van der Waals surface area contributed by atoms with Crippen LogP contribution in [0.3, 0.4) is 0 Å². The Labute approximate surface area is 213 Å².